The van der Waals surface area contributed by atoms with E-state index in [2.05, 4.69) is 10.6 Å². The lowest BCUT2D eigenvalue weighted by atomic mass is 10.1. The zero-order valence-corrected chi connectivity index (χ0v) is 20.8. The monoisotopic (exact) mass is 548 g/mol. The third kappa shape index (κ3) is 13.5. The van der Waals surface area contributed by atoms with Crippen molar-refractivity contribution in [3.8, 4) is 0 Å². The first-order valence-electron chi connectivity index (χ1n) is 9.86. The zero-order valence-electron chi connectivity index (χ0n) is 18.4. The second-order valence-electron chi connectivity index (χ2n) is 7.30. The molecule has 12 heteroatoms. The first kappa shape index (κ1) is 30.4. The average Bonchev–Trinajstić information content (AvgIpc) is 2.72. The van der Waals surface area contributed by atoms with Crippen LogP contribution in [0.4, 0.5) is 4.79 Å². The van der Waals surface area contributed by atoms with Gasteiger partial charge in [-0.1, -0.05) is 30.3 Å². The quantitative estimate of drug-likeness (QED) is 0.193. The smallest absolute Gasteiger partial charge is 0.408 e. The van der Waals surface area contributed by atoms with E-state index in [4.69, 9.17) is 9.84 Å². The number of benzene rings is 1. The molecule has 0 saturated carbocycles. The summed E-state index contributed by atoms with van der Waals surface area (Å²) in [6.07, 6.45) is 2.02. The summed E-state index contributed by atoms with van der Waals surface area (Å²) < 4.78 is 5.05. The number of ketones is 1. The molecule has 0 radical (unpaired) electrons. The maximum absolute atomic E-state index is 12.6. The number of amides is 2. The number of alkyl carbamates (subject to hydrolysis) is 1. The van der Waals surface area contributed by atoms with Crippen molar-refractivity contribution >= 4 is 40.6 Å². The van der Waals surface area contributed by atoms with Gasteiger partial charge in [-0.25, -0.2) is 9.59 Å². The summed E-state index contributed by atoms with van der Waals surface area (Å²) in [5.74, 6) is -3.16. The largest absolute Gasteiger partial charge is 1.00 e. The highest BCUT2D eigenvalue weighted by Gasteiger charge is 2.28. The van der Waals surface area contributed by atoms with Crippen LogP contribution in [-0.2, 0) is 41.4 Å². The van der Waals surface area contributed by atoms with E-state index in [-0.39, 0.29) is 59.5 Å². The minimum absolute atomic E-state index is 0. The molecule has 0 heterocycles. The molecule has 0 spiro atoms. The van der Waals surface area contributed by atoms with Gasteiger partial charge in [-0.2, -0.15) is 0 Å². The van der Waals surface area contributed by atoms with Crippen molar-refractivity contribution in [3.63, 3.8) is 0 Å². The number of Topliss-reactive ketones (excluding diaryl/α,β-unsaturated/α-hetero) is 1. The van der Waals surface area contributed by atoms with Crippen LogP contribution >= 0.6 is 0 Å². The maximum Gasteiger partial charge on any atom is 0.408 e. The standard InChI is InChI=1S/C21H28N2O8S.BrH/c1-32(2)13-15(24)8-9-17(20(28)29)22-19(27)16(10-11-18(25)26)23-21(30)31-12-14-6-4-3-5-7-14;/h3-7,16-17H,8-13H2,1-2H3,(H3-,22,23,25,26,27,28,29,30);1H. The molecule has 0 bridgehead atoms. The van der Waals surface area contributed by atoms with Gasteiger partial charge in [0.25, 0.3) is 0 Å². The van der Waals surface area contributed by atoms with Crippen molar-refractivity contribution in [3.05, 3.63) is 35.9 Å². The Hall–Kier alpha value is -2.60. The molecule has 0 fully saturated rings. The second-order valence-corrected chi connectivity index (χ2v) is 9.56. The van der Waals surface area contributed by atoms with E-state index in [1.807, 2.05) is 12.5 Å². The predicted molar refractivity (Wildman–Crippen MR) is 118 cm³/mol. The summed E-state index contributed by atoms with van der Waals surface area (Å²) in [5, 5.41) is 22.8. The van der Waals surface area contributed by atoms with Gasteiger partial charge in [0.2, 0.25) is 5.91 Å². The molecule has 4 N–H and O–H groups in total. The van der Waals surface area contributed by atoms with E-state index in [1.165, 1.54) is 0 Å². The van der Waals surface area contributed by atoms with E-state index >= 15 is 0 Å². The summed E-state index contributed by atoms with van der Waals surface area (Å²) in [4.78, 5) is 59.0. The Morgan fingerprint density at radius 3 is 2.09 bits per heavy atom. The fourth-order valence-corrected chi connectivity index (χ4v) is 3.46. The molecule has 33 heavy (non-hydrogen) atoms. The number of carbonyl (C=O) groups is 5. The molecule has 1 aromatic rings. The second kappa shape index (κ2) is 16.1. The number of carbonyl (C=O) groups excluding carboxylic acids is 3. The van der Waals surface area contributed by atoms with Crippen LogP contribution in [0.2, 0.25) is 0 Å². The third-order valence-corrected chi connectivity index (χ3v) is 5.14. The molecule has 1 aromatic carbocycles. The third-order valence-electron chi connectivity index (χ3n) is 4.24. The Bertz CT molecular complexity index is 807. The minimum Gasteiger partial charge on any atom is -1.00 e. The van der Waals surface area contributed by atoms with Crippen LogP contribution in [0, 0.1) is 0 Å². The Morgan fingerprint density at radius 1 is 0.939 bits per heavy atom. The van der Waals surface area contributed by atoms with Crippen molar-refractivity contribution < 1.29 is 55.9 Å². The summed E-state index contributed by atoms with van der Waals surface area (Å²) in [5.41, 5.74) is 0.715. The highest BCUT2D eigenvalue weighted by atomic mass is 79.9. The minimum atomic E-state index is -1.35. The fourth-order valence-electron chi connectivity index (χ4n) is 2.67. The highest BCUT2D eigenvalue weighted by Crippen LogP contribution is 2.06. The zero-order chi connectivity index (χ0) is 24.1. The molecule has 2 atom stereocenters. The molecule has 0 saturated heterocycles. The van der Waals surface area contributed by atoms with Crippen LogP contribution in [0.25, 0.3) is 0 Å². The molecule has 2 unspecified atom stereocenters. The van der Waals surface area contributed by atoms with Crippen molar-refractivity contribution in [2.75, 3.05) is 18.3 Å². The topological polar surface area (TPSA) is 159 Å². The van der Waals surface area contributed by atoms with Gasteiger partial charge in [-0.15, -0.1) is 0 Å². The molecule has 1 rings (SSSR count). The Kier molecular flexibility index (Phi) is 14.8. The van der Waals surface area contributed by atoms with Gasteiger partial charge < -0.3 is 42.6 Å². The number of ether oxygens (including phenoxy) is 1. The molecule has 2 amide bonds. The van der Waals surface area contributed by atoms with E-state index in [0.29, 0.717) is 11.3 Å². The summed E-state index contributed by atoms with van der Waals surface area (Å²) in [6.45, 7) is -0.0592. The van der Waals surface area contributed by atoms with Gasteiger partial charge >= 0.3 is 18.0 Å². The van der Waals surface area contributed by atoms with Crippen LogP contribution in [-0.4, -0.2) is 70.3 Å². The van der Waals surface area contributed by atoms with Crippen LogP contribution in [0.3, 0.4) is 0 Å². The van der Waals surface area contributed by atoms with Crippen molar-refractivity contribution in [2.24, 2.45) is 0 Å². The highest BCUT2D eigenvalue weighted by molar-refractivity contribution is 7.96. The Labute approximate surface area is 205 Å². The summed E-state index contributed by atoms with van der Waals surface area (Å²) in [7, 11) is -0.120. The number of aliphatic carboxylic acids is 2. The lowest BCUT2D eigenvalue weighted by molar-refractivity contribution is -0.143. The maximum atomic E-state index is 12.6. The number of hydrogen-bond donors (Lipinski definition) is 4. The van der Waals surface area contributed by atoms with E-state index in [1.54, 1.807) is 30.3 Å². The van der Waals surface area contributed by atoms with Gasteiger partial charge in [-0.05, 0) is 29.3 Å². The van der Waals surface area contributed by atoms with Crippen LogP contribution in [0.1, 0.15) is 31.2 Å². The number of carboxylic acids is 2. The molecular weight excluding hydrogens is 520 g/mol. The molecule has 0 aliphatic rings. The van der Waals surface area contributed by atoms with Gasteiger partial charge in [0.1, 0.15) is 18.7 Å². The van der Waals surface area contributed by atoms with Crippen molar-refractivity contribution in [2.45, 2.75) is 44.4 Å². The van der Waals surface area contributed by atoms with Gasteiger partial charge in [0.15, 0.2) is 11.5 Å². The lowest BCUT2D eigenvalue weighted by Gasteiger charge is -2.21. The predicted octanol–water partition coefficient (Wildman–Crippen LogP) is -2.05. The van der Waals surface area contributed by atoms with E-state index < -0.39 is 42.4 Å². The van der Waals surface area contributed by atoms with E-state index in [0.717, 1.165) is 0 Å². The molecule has 10 nitrogen and oxygen atoms in total. The van der Waals surface area contributed by atoms with Crippen LogP contribution in [0.15, 0.2) is 30.3 Å². The number of halogens is 1. The Morgan fingerprint density at radius 2 is 1.55 bits per heavy atom. The SMILES string of the molecule is C[S+](C)CC(=O)CCC(NC(=O)C(CCC(=O)O)NC(=O)OCc1ccccc1)C(=O)O.[Br-]. The molecule has 184 valence electrons. The van der Waals surface area contributed by atoms with Crippen molar-refractivity contribution in [1.29, 1.82) is 0 Å². The van der Waals surface area contributed by atoms with Gasteiger partial charge in [-0.3, -0.25) is 14.4 Å². The van der Waals surface area contributed by atoms with Crippen molar-refractivity contribution in [1.82, 2.24) is 10.6 Å². The molecule has 0 aliphatic carbocycles. The molecule has 0 aliphatic heterocycles. The first-order chi connectivity index (χ1) is 15.1. The number of nitrogens with one attached hydrogen (secondary N) is 2. The number of carboxylic acid groups (broad SMARTS) is 2. The summed E-state index contributed by atoms with van der Waals surface area (Å²) in [6, 6.07) is 6.13. The molecule has 0 aromatic heterocycles. The first-order valence-corrected chi connectivity index (χ1v) is 12.1. The normalized spacial score (nSPS) is 12.1. The lowest BCUT2D eigenvalue weighted by Crippen LogP contribution is -3.00. The average molecular weight is 549 g/mol. The van der Waals surface area contributed by atoms with E-state index in [9.17, 15) is 29.1 Å². The fraction of sp³-hybridized carbons (Fsp3) is 0.476. The Balaban J connectivity index is 0.0000102. The van der Waals surface area contributed by atoms with Crippen LogP contribution in [0.5, 0.6) is 0 Å². The van der Waals surface area contributed by atoms with Crippen LogP contribution < -0.4 is 27.6 Å². The van der Waals surface area contributed by atoms with Gasteiger partial charge in [0, 0.05) is 12.8 Å². The van der Waals surface area contributed by atoms with Gasteiger partial charge in [0.05, 0.1) is 12.5 Å². The number of rotatable bonds is 14. The molecular formula is C21H29BrN2O8S. The summed E-state index contributed by atoms with van der Waals surface area (Å²) >= 11 is 0. The number of hydrogen-bond acceptors (Lipinski definition) is 6.